The Bertz CT molecular complexity index is 505. The maximum absolute atomic E-state index is 12.2. The van der Waals surface area contributed by atoms with Gasteiger partial charge >= 0.3 is 0 Å². The number of nitrogens with zero attached hydrogens (tertiary/aromatic N) is 2. The molecule has 1 aromatic heterocycles. The molecule has 0 unspecified atom stereocenters. The van der Waals surface area contributed by atoms with Gasteiger partial charge < -0.3 is 10.1 Å². The van der Waals surface area contributed by atoms with Crippen LogP contribution in [0.5, 0.6) is 0 Å². The Morgan fingerprint density at radius 1 is 1.56 bits per heavy atom. The summed E-state index contributed by atoms with van der Waals surface area (Å²) in [7, 11) is -1.92. The van der Waals surface area contributed by atoms with Gasteiger partial charge in [0.25, 0.3) is 10.0 Å². The predicted octanol–water partition coefficient (Wildman–Crippen LogP) is 0.364. The van der Waals surface area contributed by atoms with E-state index in [9.17, 15) is 13.5 Å². The number of rotatable bonds is 5. The normalized spacial score (nSPS) is 24.2. The van der Waals surface area contributed by atoms with E-state index in [4.69, 9.17) is 0 Å². The molecule has 0 atom stereocenters. The van der Waals surface area contributed by atoms with Gasteiger partial charge in [-0.05, 0) is 18.8 Å². The van der Waals surface area contributed by atoms with Gasteiger partial charge in [0.1, 0.15) is 5.82 Å². The van der Waals surface area contributed by atoms with Gasteiger partial charge in [-0.3, -0.25) is 0 Å². The number of nitrogens with one attached hydrogen (secondary N) is 1. The van der Waals surface area contributed by atoms with Crippen molar-refractivity contribution in [1.82, 2.24) is 14.3 Å². The summed E-state index contributed by atoms with van der Waals surface area (Å²) in [5.74, 6) is 0.925. The highest BCUT2D eigenvalue weighted by Crippen LogP contribution is 2.28. The molecule has 0 bridgehead atoms. The molecule has 18 heavy (non-hydrogen) atoms. The van der Waals surface area contributed by atoms with Crippen molar-refractivity contribution in [1.29, 1.82) is 0 Å². The second kappa shape index (κ2) is 4.99. The lowest BCUT2D eigenvalue weighted by Crippen LogP contribution is -2.39. The van der Waals surface area contributed by atoms with Gasteiger partial charge in [-0.15, -0.1) is 0 Å². The number of aromatic nitrogens is 2. The van der Waals surface area contributed by atoms with Gasteiger partial charge in [-0.25, -0.2) is 13.4 Å². The highest BCUT2D eigenvalue weighted by Gasteiger charge is 2.32. The van der Waals surface area contributed by atoms with Crippen LogP contribution >= 0.6 is 0 Å². The molecule has 0 radical (unpaired) electrons. The Morgan fingerprint density at radius 2 is 2.22 bits per heavy atom. The van der Waals surface area contributed by atoms with Crippen molar-refractivity contribution in [2.24, 2.45) is 5.92 Å². The minimum absolute atomic E-state index is 0.140. The zero-order chi connectivity index (χ0) is 13.3. The molecule has 1 heterocycles. The third kappa shape index (κ3) is 2.57. The van der Waals surface area contributed by atoms with Crippen molar-refractivity contribution in [3.05, 3.63) is 12.0 Å². The van der Waals surface area contributed by atoms with Crippen LogP contribution < -0.4 is 0 Å². The zero-order valence-electron chi connectivity index (χ0n) is 10.6. The van der Waals surface area contributed by atoms with Crippen molar-refractivity contribution in [3.8, 4) is 0 Å². The minimum Gasteiger partial charge on any atom is -0.393 e. The average Bonchev–Trinajstić information content (AvgIpc) is 2.75. The molecule has 7 heteroatoms. The Morgan fingerprint density at radius 3 is 2.72 bits per heavy atom. The number of aliphatic hydroxyl groups is 1. The number of hydrogen-bond donors (Lipinski definition) is 2. The molecule has 102 valence electrons. The Labute approximate surface area is 107 Å². The monoisotopic (exact) mass is 273 g/mol. The van der Waals surface area contributed by atoms with Crippen molar-refractivity contribution < 1.29 is 13.5 Å². The van der Waals surface area contributed by atoms with Gasteiger partial charge in [0.15, 0.2) is 5.03 Å². The molecule has 2 N–H and O–H groups in total. The van der Waals surface area contributed by atoms with Crippen LogP contribution in [0.4, 0.5) is 0 Å². The fourth-order valence-corrected chi connectivity index (χ4v) is 3.31. The quantitative estimate of drug-likeness (QED) is 0.811. The van der Waals surface area contributed by atoms with Crippen LogP contribution in [0.15, 0.2) is 11.2 Å². The maximum Gasteiger partial charge on any atom is 0.259 e. The number of aromatic amines is 1. The molecule has 2 rings (SSSR count). The van der Waals surface area contributed by atoms with E-state index in [0.29, 0.717) is 31.6 Å². The number of hydrogen-bond acceptors (Lipinski definition) is 4. The molecule has 1 aromatic rings. The topological polar surface area (TPSA) is 86.3 Å². The Hall–Kier alpha value is -0.920. The standard InChI is InChI=1S/C11H19N3O3S/c1-3-10-12-6-11(13-10)18(16,17)14(2)7-8-4-9(15)5-8/h6,8-9,15H,3-5,7H2,1-2H3,(H,12,13). The number of H-pyrrole nitrogens is 1. The summed E-state index contributed by atoms with van der Waals surface area (Å²) in [4.78, 5) is 6.82. The smallest absolute Gasteiger partial charge is 0.259 e. The first-order valence-corrected chi connectivity index (χ1v) is 7.55. The molecule has 0 aromatic carbocycles. The van der Waals surface area contributed by atoms with E-state index in [-0.39, 0.29) is 17.0 Å². The second-order valence-corrected chi connectivity index (χ2v) is 6.84. The van der Waals surface area contributed by atoms with E-state index in [1.807, 2.05) is 6.92 Å². The van der Waals surface area contributed by atoms with Crippen LogP contribution in [-0.2, 0) is 16.4 Å². The Balaban J connectivity index is 2.05. The number of aryl methyl sites for hydroxylation is 1. The van der Waals surface area contributed by atoms with Crippen molar-refractivity contribution in [2.75, 3.05) is 13.6 Å². The van der Waals surface area contributed by atoms with E-state index in [1.54, 1.807) is 7.05 Å². The third-order valence-electron chi connectivity index (χ3n) is 3.35. The first-order valence-electron chi connectivity index (χ1n) is 6.11. The largest absolute Gasteiger partial charge is 0.393 e. The van der Waals surface area contributed by atoms with Crippen molar-refractivity contribution in [3.63, 3.8) is 0 Å². The predicted molar refractivity (Wildman–Crippen MR) is 66.5 cm³/mol. The third-order valence-corrected chi connectivity index (χ3v) is 5.09. The van der Waals surface area contributed by atoms with E-state index in [1.165, 1.54) is 10.5 Å². The maximum atomic E-state index is 12.2. The first-order chi connectivity index (χ1) is 8.43. The molecule has 6 nitrogen and oxygen atoms in total. The SMILES string of the molecule is CCc1ncc(S(=O)(=O)N(C)CC2CC(O)C2)[nH]1. The fourth-order valence-electron chi connectivity index (χ4n) is 2.13. The van der Waals surface area contributed by atoms with E-state index < -0.39 is 10.0 Å². The van der Waals surface area contributed by atoms with Crippen LogP contribution in [0.1, 0.15) is 25.6 Å². The number of aliphatic hydroxyl groups excluding tert-OH is 1. The van der Waals surface area contributed by atoms with Crippen molar-refractivity contribution in [2.45, 2.75) is 37.3 Å². The summed E-state index contributed by atoms with van der Waals surface area (Å²) in [5, 5.41) is 9.34. The molecule has 0 saturated heterocycles. The molecule has 1 fully saturated rings. The van der Waals surface area contributed by atoms with Crippen LogP contribution in [0, 0.1) is 5.92 Å². The molecule has 0 aliphatic heterocycles. The highest BCUT2D eigenvalue weighted by molar-refractivity contribution is 7.89. The first kappa shape index (κ1) is 13.5. The molecule has 0 amide bonds. The summed E-state index contributed by atoms with van der Waals surface area (Å²) >= 11 is 0. The van der Waals surface area contributed by atoms with Crippen LogP contribution in [0.25, 0.3) is 0 Å². The van der Waals surface area contributed by atoms with Crippen LogP contribution in [0.3, 0.4) is 0 Å². The summed E-state index contributed by atoms with van der Waals surface area (Å²) in [6, 6.07) is 0. The molecular formula is C11H19N3O3S. The summed E-state index contributed by atoms with van der Waals surface area (Å²) in [5.41, 5.74) is 0. The van der Waals surface area contributed by atoms with Crippen LogP contribution in [0.2, 0.25) is 0 Å². The van der Waals surface area contributed by atoms with E-state index >= 15 is 0 Å². The molecule has 1 saturated carbocycles. The average molecular weight is 273 g/mol. The zero-order valence-corrected chi connectivity index (χ0v) is 11.4. The lowest BCUT2D eigenvalue weighted by molar-refractivity contribution is 0.0367. The summed E-state index contributed by atoms with van der Waals surface area (Å²) < 4.78 is 25.8. The lowest BCUT2D eigenvalue weighted by Gasteiger charge is -2.33. The molecule has 0 spiro atoms. The minimum atomic E-state index is -3.48. The molecule has 1 aliphatic rings. The van der Waals surface area contributed by atoms with Gasteiger partial charge in [-0.1, -0.05) is 6.92 Å². The van der Waals surface area contributed by atoms with Gasteiger partial charge in [-0.2, -0.15) is 4.31 Å². The second-order valence-electron chi connectivity index (χ2n) is 4.82. The van der Waals surface area contributed by atoms with Crippen LogP contribution in [-0.4, -0.2) is 47.5 Å². The highest BCUT2D eigenvalue weighted by atomic mass is 32.2. The van der Waals surface area contributed by atoms with E-state index in [0.717, 1.165) is 0 Å². The summed E-state index contributed by atoms with van der Waals surface area (Å²) in [6.07, 6.45) is 3.14. The lowest BCUT2D eigenvalue weighted by atomic mass is 9.82. The fraction of sp³-hybridized carbons (Fsp3) is 0.727. The number of imidazole rings is 1. The van der Waals surface area contributed by atoms with Gasteiger partial charge in [0, 0.05) is 20.0 Å². The van der Waals surface area contributed by atoms with Crippen molar-refractivity contribution >= 4 is 10.0 Å². The molecular weight excluding hydrogens is 254 g/mol. The van der Waals surface area contributed by atoms with Gasteiger partial charge in [0.2, 0.25) is 0 Å². The summed E-state index contributed by atoms with van der Waals surface area (Å²) in [6.45, 7) is 2.36. The number of sulfonamides is 1. The van der Waals surface area contributed by atoms with Gasteiger partial charge in [0.05, 0.1) is 12.3 Å². The van der Waals surface area contributed by atoms with E-state index in [2.05, 4.69) is 9.97 Å². The molecule has 1 aliphatic carbocycles. The Kier molecular flexibility index (Phi) is 3.74.